The van der Waals surface area contributed by atoms with E-state index in [1.807, 2.05) is 6.92 Å². The highest BCUT2D eigenvalue weighted by molar-refractivity contribution is 7.89. The molecule has 2 amide bonds. The molecule has 1 aromatic carbocycles. The molecule has 1 aliphatic carbocycles. The summed E-state index contributed by atoms with van der Waals surface area (Å²) in [7, 11) is -2.50. The van der Waals surface area contributed by atoms with Crippen LogP contribution in [0.3, 0.4) is 0 Å². The molecule has 1 atom stereocenters. The lowest BCUT2D eigenvalue weighted by Gasteiger charge is -2.27. The van der Waals surface area contributed by atoms with E-state index in [2.05, 4.69) is 10.6 Å². The zero-order chi connectivity index (χ0) is 21.2. The van der Waals surface area contributed by atoms with Crippen LogP contribution >= 0.6 is 0 Å². The third kappa shape index (κ3) is 4.72. The lowest BCUT2D eigenvalue weighted by Crippen LogP contribution is -2.43. The SMILES string of the molecule is CCC1Oc2cc(S(=O)(=O)N(C)CC(=O)NC3CCCCC3)c(C)cc2NC1=O. The Balaban J connectivity index is 1.76. The molecule has 0 radical (unpaired) electrons. The predicted molar refractivity (Wildman–Crippen MR) is 109 cm³/mol. The van der Waals surface area contributed by atoms with Gasteiger partial charge in [0.25, 0.3) is 5.91 Å². The van der Waals surface area contributed by atoms with Gasteiger partial charge in [0, 0.05) is 19.2 Å². The number of carbonyl (C=O) groups is 2. The molecule has 3 rings (SSSR count). The number of nitrogens with one attached hydrogen (secondary N) is 2. The molecule has 1 heterocycles. The van der Waals surface area contributed by atoms with Crippen LogP contribution in [0.2, 0.25) is 0 Å². The van der Waals surface area contributed by atoms with E-state index in [0.29, 0.717) is 23.4 Å². The number of hydrogen-bond donors (Lipinski definition) is 2. The molecular weight excluding hydrogens is 394 g/mol. The van der Waals surface area contributed by atoms with Gasteiger partial charge in [-0.3, -0.25) is 9.59 Å². The molecule has 9 heteroatoms. The number of rotatable bonds is 6. The molecule has 1 aliphatic heterocycles. The fraction of sp³-hybridized carbons (Fsp3) is 0.600. The summed E-state index contributed by atoms with van der Waals surface area (Å²) in [6, 6.07) is 3.14. The Labute approximate surface area is 172 Å². The summed E-state index contributed by atoms with van der Waals surface area (Å²) in [5.41, 5.74) is 0.927. The second-order valence-electron chi connectivity index (χ2n) is 7.78. The van der Waals surface area contributed by atoms with Crippen molar-refractivity contribution in [2.45, 2.75) is 69.4 Å². The lowest BCUT2D eigenvalue weighted by atomic mass is 9.95. The van der Waals surface area contributed by atoms with Gasteiger partial charge in [-0.1, -0.05) is 26.2 Å². The molecule has 1 aromatic rings. The van der Waals surface area contributed by atoms with E-state index in [0.717, 1.165) is 30.0 Å². The Morgan fingerprint density at radius 3 is 2.62 bits per heavy atom. The Hall–Kier alpha value is -2.13. The highest BCUT2D eigenvalue weighted by Gasteiger charge is 2.31. The van der Waals surface area contributed by atoms with Gasteiger partial charge in [0.1, 0.15) is 5.75 Å². The summed E-state index contributed by atoms with van der Waals surface area (Å²) in [5.74, 6) is -0.222. The smallest absolute Gasteiger partial charge is 0.265 e. The average molecular weight is 424 g/mol. The number of fused-ring (bicyclic) bond motifs is 1. The van der Waals surface area contributed by atoms with Gasteiger partial charge in [0.15, 0.2) is 6.10 Å². The minimum absolute atomic E-state index is 0.0650. The van der Waals surface area contributed by atoms with E-state index in [4.69, 9.17) is 4.74 Å². The van der Waals surface area contributed by atoms with Crippen molar-refractivity contribution < 1.29 is 22.7 Å². The molecule has 1 saturated carbocycles. The monoisotopic (exact) mass is 423 g/mol. The van der Waals surface area contributed by atoms with Crippen LogP contribution < -0.4 is 15.4 Å². The largest absolute Gasteiger partial charge is 0.478 e. The van der Waals surface area contributed by atoms with E-state index in [9.17, 15) is 18.0 Å². The van der Waals surface area contributed by atoms with Gasteiger partial charge in [0.2, 0.25) is 15.9 Å². The van der Waals surface area contributed by atoms with Crippen molar-refractivity contribution >= 4 is 27.5 Å². The van der Waals surface area contributed by atoms with Crippen molar-refractivity contribution in [2.24, 2.45) is 0 Å². The second-order valence-corrected chi connectivity index (χ2v) is 9.79. The van der Waals surface area contributed by atoms with Crippen LogP contribution in [0.1, 0.15) is 51.0 Å². The van der Waals surface area contributed by atoms with Crippen molar-refractivity contribution in [3.63, 3.8) is 0 Å². The molecule has 29 heavy (non-hydrogen) atoms. The number of anilines is 1. The number of amides is 2. The lowest BCUT2D eigenvalue weighted by molar-refractivity contribution is -0.123. The van der Waals surface area contributed by atoms with Crippen molar-refractivity contribution in [3.8, 4) is 5.75 Å². The summed E-state index contributed by atoms with van der Waals surface area (Å²) < 4.78 is 32.9. The molecule has 1 fully saturated rings. The van der Waals surface area contributed by atoms with Crippen LogP contribution in [0.5, 0.6) is 5.75 Å². The molecule has 2 aliphatic rings. The maximum absolute atomic E-state index is 13.1. The van der Waals surface area contributed by atoms with E-state index in [-0.39, 0.29) is 29.3 Å². The fourth-order valence-electron chi connectivity index (χ4n) is 3.81. The number of sulfonamides is 1. The van der Waals surface area contributed by atoms with Crippen LogP contribution in [0.15, 0.2) is 17.0 Å². The number of aryl methyl sites for hydroxylation is 1. The number of benzene rings is 1. The maximum atomic E-state index is 13.1. The van der Waals surface area contributed by atoms with Crippen LogP contribution in [0, 0.1) is 6.92 Å². The Morgan fingerprint density at radius 1 is 1.28 bits per heavy atom. The Kier molecular flexibility index (Phi) is 6.48. The van der Waals surface area contributed by atoms with Crippen LogP contribution in [0.4, 0.5) is 5.69 Å². The second kappa shape index (κ2) is 8.71. The highest BCUT2D eigenvalue weighted by atomic mass is 32.2. The molecule has 2 N–H and O–H groups in total. The normalized spacial score (nSPS) is 20.0. The van der Waals surface area contributed by atoms with Crippen molar-refractivity contribution in [1.82, 2.24) is 9.62 Å². The Morgan fingerprint density at radius 2 is 1.97 bits per heavy atom. The van der Waals surface area contributed by atoms with Gasteiger partial charge >= 0.3 is 0 Å². The maximum Gasteiger partial charge on any atom is 0.265 e. The minimum Gasteiger partial charge on any atom is -0.478 e. The molecule has 0 spiro atoms. The standard InChI is InChI=1S/C20H29N3O5S/c1-4-16-20(25)22-15-10-13(2)18(11-17(15)28-16)29(26,27)23(3)12-19(24)21-14-8-6-5-7-9-14/h10-11,14,16H,4-9,12H2,1-3H3,(H,21,24)(H,22,25). The zero-order valence-electron chi connectivity index (χ0n) is 17.2. The van der Waals surface area contributed by atoms with Crippen LogP contribution in [-0.4, -0.2) is 50.3 Å². The first-order valence-corrected chi connectivity index (χ1v) is 11.5. The number of nitrogens with zero attached hydrogens (tertiary/aromatic N) is 1. The summed E-state index contributed by atoms with van der Waals surface area (Å²) >= 11 is 0. The van der Waals surface area contributed by atoms with E-state index >= 15 is 0 Å². The average Bonchev–Trinajstić information content (AvgIpc) is 2.67. The number of likely N-dealkylation sites (N-methyl/N-ethyl adjacent to an activating group) is 1. The van der Waals surface area contributed by atoms with Gasteiger partial charge < -0.3 is 15.4 Å². The van der Waals surface area contributed by atoms with Crippen molar-refractivity contribution in [1.29, 1.82) is 0 Å². The minimum atomic E-state index is -3.90. The van der Waals surface area contributed by atoms with E-state index < -0.39 is 16.1 Å². The van der Waals surface area contributed by atoms with E-state index in [1.165, 1.54) is 19.5 Å². The topological polar surface area (TPSA) is 105 Å². The molecular formula is C20H29N3O5S. The fourth-order valence-corrected chi connectivity index (χ4v) is 5.15. The number of hydrogen-bond acceptors (Lipinski definition) is 5. The third-order valence-corrected chi connectivity index (χ3v) is 7.44. The number of carbonyl (C=O) groups excluding carboxylic acids is 2. The quantitative estimate of drug-likeness (QED) is 0.730. The molecule has 0 aromatic heterocycles. The first kappa shape index (κ1) is 21.6. The number of ether oxygens (including phenoxy) is 1. The van der Waals surface area contributed by atoms with Crippen LogP contribution in [0.25, 0.3) is 0 Å². The first-order valence-electron chi connectivity index (χ1n) is 10.1. The molecule has 8 nitrogen and oxygen atoms in total. The molecule has 0 saturated heterocycles. The summed E-state index contributed by atoms with van der Waals surface area (Å²) in [5, 5.41) is 5.69. The molecule has 0 bridgehead atoms. The first-order chi connectivity index (χ1) is 13.7. The zero-order valence-corrected chi connectivity index (χ0v) is 18.0. The Bertz CT molecular complexity index is 894. The highest BCUT2D eigenvalue weighted by Crippen LogP contribution is 2.35. The summed E-state index contributed by atoms with van der Waals surface area (Å²) in [4.78, 5) is 24.4. The van der Waals surface area contributed by atoms with Gasteiger partial charge in [0.05, 0.1) is 17.1 Å². The van der Waals surface area contributed by atoms with Crippen LogP contribution in [-0.2, 0) is 19.6 Å². The van der Waals surface area contributed by atoms with Crippen molar-refractivity contribution in [3.05, 3.63) is 17.7 Å². The molecule has 1 unspecified atom stereocenters. The van der Waals surface area contributed by atoms with Gasteiger partial charge in [-0.25, -0.2) is 8.42 Å². The summed E-state index contributed by atoms with van der Waals surface area (Å²) in [6.07, 6.45) is 5.05. The van der Waals surface area contributed by atoms with E-state index in [1.54, 1.807) is 13.0 Å². The van der Waals surface area contributed by atoms with Gasteiger partial charge in [-0.15, -0.1) is 0 Å². The van der Waals surface area contributed by atoms with Gasteiger partial charge in [-0.05, 0) is 37.8 Å². The summed E-state index contributed by atoms with van der Waals surface area (Å²) in [6.45, 7) is 3.23. The van der Waals surface area contributed by atoms with Gasteiger partial charge in [-0.2, -0.15) is 4.31 Å². The third-order valence-electron chi connectivity index (χ3n) is 5.49. The molecule has 160 valence electrons. The van der Waals surface area contributed by atoms with Crippen molar-refractivity contribution in [2.75, 3.05) is 18.9 Å². The predicted octanol–water partition coefficient (Wildman–Crippen LogP) is 2.17.